The van der Waals surface area contributed by atoms with Gasteiger partial charge < -0.3 is 10.2 Å². The quantitative estimate of drug-likeness (QED) is 0.846. The Labute approximate surface area is 112 Å². The van der Waals surface area contributed by atoms with Crippen molar-refractivity contribution in [1.82, 2.24) is 9.97 Å². The molecule has 4 heterocycles. The van der Waals surface area contributed by atoms with E-state index >= 15 is 0 Å². The predicted molar refractivity (Wildman–Crippen MR) is 76.4 cm³/mol. The third-order valence-electron chi connectivity index (χ3n) is 3.94. The van der Waals surface area contributed by atoms with Gasteiger partial charge in [-0.3, -0.25) is 4.98 Å². The molecule has 0 saturated carbocycles. The molecule has 2 aromatic heterocycles. The van der Waals surface area contributed by atoms with Crippen molar-refractivity contribution in [1.29, 1.82) is 0 Å². The van der Waals surface area contributed by atoms with Crippen LogP contribution >= 0.6 is 0 Å². The summed E-state index contributed by atoms with van der Waals surface area (Å²) < 4.78 is 0. The van der Waals surface area contributed by atoms with Crippen LogP contribution in [0.4, 0.5) is 11.5 Å². The fourth-order valence-corrected chi connectivity index (χ4v) is 2.97. The van der Waals surface area contributed by atoms with Crippen LogP contribution in [0.15, 0.2) is 30.5 Å². The lowest BCUT2D eigenvalue weighted by Crippen LogP contribution is -2.32. The highest BCUT2D eigenvalue weighted by molar-refractivity contribution is 5.74. The van der Waals surface area contributed by atoms with Gasteiger partial charge in [0.05, 0.1) is 11.4 Å². The van der Waals surface area contributed by atoms with Crippen molar-refractivity contribution >= 4 is 11.5 Å². The molecule has 96 valence electrons. The lowest BCUT2D eigenvalue weighted by Gasteiger charge is -2.28. The second kappa shape index (κ2) is 3.95. The summed E-state index contributed by atoms with van der Waals surface area (Å²) in [6.45, 7) is 4.26. The number of nitrogens with one attached hydrogen (secondary N) is 1. The number of hydrogen-bond donors (Lipinski definition) is 1. The molecule has 0 radical (unpaired) electrons. The molecular formula is C15H16N4. The highest BCUT2D eigenvalue weighted by Gasteiger charge is 2.30. The van der Waals surface area contributed by atoms with E-state index in [0.29, 0.717) is 6.04 Å². The summed E-state index contributed by atoms with van der Waals surface area (Å²) in [7, 11) is 0. The number of aryl methyl sites for hydroxylation is 1. The van der Waals surface area contributed by atoms with Crippen molar-refractivity contribution in [2.75, 3.05) is 23.3 Å². The monoisotopic (exact) mass is 252 g/mol. The van der Waals surface area contributed by atoms with Crippen LogP contribution in [-0.2, 0) is 0 Å². The summed E-state index contributed by atoms with van der Waals surface area (Å²) in [5.74, 6) is 1.03. The molecular weight excluding hydrogens is 236 g/mol. The highest BCUT2D eigenvalue weighted by Crippen LogP contribution is 2.35. The van der Waals surface area contributed by atoms with E-state index in [1.807, 2.05) is 19.2 Å². The fourth-order valence-electron chi connectivity index (χ4n) is 2.97. The van der Waals surface area contributed by atoms with E-state index in [4.69, 9.17) is 4.98 Å². The third kappa shape index (κ3) is 1.75. The Kier molecular flexibility index (Phi) is 2.24. The number of rotatable bonds is 1. The van der Waals surface area contributed by atoms with Crippen LogP contribution in [0, 0.1) is 6.92 Å². The molecule has 2 bridgehead atoms. The van der Waals surface area contributed by atoms with Crippen LogP contribution in [0.2, 0.25) is 0 Å². The Hall–Kier alpha value is -2.10. The zero-order valence-electron chi connectivity index (χ0n) is 10.9. The molecule has 1 N–H and O–H groups in total. The Balaban J connectivity index is 1.78. The molecule has 2 aromatic rings. The number of pyridine rings is 2. The first kappa shape index (κ1) is 10.8. The standard InChI is InChI=1S/C15H16N4/c1-10-8-11(4-6-16-10)13-2-3-14-15(18-13)17-12-5-7-19(14)9-12/h2-4,6,8,12H,5,7,9H2,1H3,(H,17,18). The molecule has 2 aliphatic rings. The summed E-state index contributed by atoms with van der Waals surface area (Å²) in [5.41, 5.74) is 4.40. The maximum absolute atomic E-state index is 4.78. The van der Waals surface area contributed by atoms with Gasteiger partial charge >= 0.3 is 0 Å². The Morgan fingerprint density at radius 1 is 1.32 bits per heavy atom. The van der Waals surface area contributed by atoms with Gasteiger partial charge in [0.2, 0.25) is 0 Å². The molecule has 4 nitrogen and oxygen atoms in total. The van der Waals surface area contributed by atoms with E-state index in [2.05, 4.69) is 33.4 Å². The molecule has 0 spiro atoms. The molecule has 4 heteroatoms. The maximum atomic E-state index is 4.78. The first-order chi connectivity index (χ1) is 9.29. The molecule has 1 fully saturated rings. The van der Waals surface area contributed by atoms with Gasteiger partial charge in [-0.15, -0.1) is 0 Å². The van der Waals surface area contributed by atoms with Gasteiger partial charge in [-0.2, -0.15) is 0 Å². The number of anilines is 2. The summed E-state index contributed by atoms with van der Waals surface area (Å²) in [5, 5.41) is 3.54. The maximum Gasteiger partial charge on any atom is 0.150 e. The topological polar surface area (TPSA) is 41.1 Å². The van der Waals surface area contributed by atoms with Crippen LogP contribution < -0.4 is 10.2 Å². The summed E-state index contributed by atoms with van der Waals surface area (Å²) in [6.07, 6.45) is 3.05. The molecule has 19 heavy (non-hydrogen) atoms. The first-order valence-corrected chi connectivity index (χ1v) is 6.75. The average Bonchev–Trinajstić information content (AvgIpc) is 2.81. The van der Waals surface area contributed by atoms with Crippen molar-refractivity contribution in [3.05, 3.63) is 36.2 Å². The first-order valence-electron chi connectivity index (χ1n) is 6.75. The van der Waals surface area contributed by atoms with Crippen LogP contribution in [0.1, 0.15) is 12.1 Å². The van der Waals surface area contributed by atoms with Crippen molar-refractivity contribution in [2.24, 2.45) is 0 Å². The second-order valence-electron chi connectivity index (χ2n) is 5.33. The predicted octanol–water partition coefficient (Wildman–Crippen LogP) is 2.46. The number of hydrogen-bond acceptors (Lipinski definition) is 4. The van der Waals surface area contributed by atoms with E-state index < -0.39 is 0 Å². The van der Waals surface area contributed by atoms with E-state index in [9.17, 15) is 0 Å². The molecule has 1 atom stereocenters. The zero-order valence-corrected chi connectivity index (χ0v) is 10.9. The van der Waals surface area contributed by atoms with Gasteiger partial charge in [-0.25, -0.2) is 4.98 Å². The molecule has 4 rings (SSSR count). The second-order valence-corrected chi connectivity index (χ2v) is 5.33. The van der Waals surface area contributed by atoms with Crippen molar-refractivity contribution < 1.29 is 0 Å². The van der Waals surface area contributed by atoms with Crippen LogP contribution in [0.5, 0.6) is 0 Å². The molecule has 0 amide bonds. The van der Waals surface area contributed by atoms with Gasteiger partial charge in [0, 0.05) is 36.6 Å². The number of nitrogens with zero attached hydrogens (tertiary/aromatic N) is 3. The SMILES string of the molecule is Cc1cc(-c2ccc3c(n2)NC2CCN3C2)ccn1. The van der Waals surface area contributed by atoms with Crippen molar-refractivity contribution in [2.45, 2.75) is 19.4 Å². The van der Waals surface area contributed by atoms with Gasteiger partial charge in [0.1, 0.15) is 0 Å². The number of aromatic nitrogens is 2. The minimum atomic E-state index is 0.564. The normalized spacial score (nSPS) is 20.1. The van der Waals surface area contributed by atoms with Crippen LogP contribution in [0.25, 0.3) is 11.3 Å². The Morgan fingerprint density at radius 3 is 3.16 bits per heavy atom. The summed E-state index contributed by atoms with van der Waals surface area (Å²) in [4.78, 5) is 11.4. The minimum absolute atomic E-state index is 0.564. The van der Waals surface area contributed by atoms with E-state index in [-0.39, 0.29) is 0 Å². The van der Waals surface area contributed by atoms with Gasteiger partial charge in [-0.05, 0) is 37.6 Å². The highest BCUT2D eigenvalue weighted by atomic mass is 15.3. The van der Waals surface area contributed by atoms with Gasteiger partial charge in [0.15, 0.2) is 5.82 Å². The minimum Gasteiger partial charge on any atom is -0.366 e. The molecule has 0 aromatic carbocycles. The fraction of sp³-hybridized carbons (Fsp3) is 0.333. The van der Waals surface area contributed by atoms with Crippen LogP contribution in [-0.4, -0.2) is 29.1 Å². The molecule has 0 aliphatic carbocycles. The summed E-state index contributed by atoms with van der Waals surface area (Å²) in [6, 6.07) is 8.94. The van der Waals surface area contributed by atoms with E-state index in [1.54, 1.807) is 0 Å². The van der Waals surface area contributed by atoms with E-state index in [0.717, 1.165) is 35.9 Å². The van der Waals surface area contributed by atoms with E-state index in [1.165, 1.54) is 12.1 Å². The van der Waals surface area contributed by atoms with Gasteiger partial charge in [-0.1, -0.05) is 0 Å². The molecule has 1 saturated heterocycles. The lowest BCUT2D eigenvalue weighted by molar-refractivity contribution is 0.788. The summed E-state index contributed by atoms with van der Waals surface area (Å²) >= 11 is 0. The van der Waals surface area contributed by atoms with Crippen molar-refractivity contribution in [3.8, 4) is 11.3 Å². The molecule has 1 unspecified atom stereocenters. The average molecular weight is 252 g/mol. The lowest BCUT2D eigenvalue weighted by atomic mass is 10.1. The molecule has 2 aliphatic heterocycles. The number of fused-ring (bicyclic) bond motifs is 4. The largest absolute Gasteiger partial charge is 0.366 e. The van der Waals surface area contributed by atoms with Gasteiger partial charge in [0.25, 0.3) is 0 Å². The van der Waals surface area contributed by atoms with Crippen LogP contribution in [0.3, 0.4) is 0 Å². The smallest absolute Gasteiger partial charge is 0.150 e. The third-order valence-corrected chi connectivity index (χ3v) is 3.94. The Bertz CT molecular complexity index is 638. The van der Waals surface area contributed by atoms with Crippen molar-refractivity contribution in [3.63, 3.8) is 0 Å². The zero-order chi connectivity index (χ0) is 12.8. The Morgan fingerprint density at radius 2 is 2.26 bits per heavy atom.